The molecule has 606 valence electrons. The minimum absolute atomic E-state index is 0.122. The van der Waals surface area contributed by atoms with E-state index in [1.165, 1.54) is 40.8 Å². The van der Waals surface area contributed by atoms with Gasteiger partial charge < -0.3 is 123 Å². The van der Waals surface area contributed by atoms with Gasteiger partial charge in [-0.05, 0) is 142 Å². The number of carboxylic acids is 1. The molecular formula is C75H85Cl2N9O26S. The van der Waals surface area contributed by atoms with Crippen molar-refractivity contribution in [2.24, 2.45) is 17.4 Å². The summed E-state index contributed by atoms with van der Waals surface area (Å²) in [5.74, 6) is -16.6. The van der Waals surface area contributed by atoms with E-state index in [2.05, 4.69) is 37.2 Å². The highest BCUT2D eigenvalue weighted by Crippen LogP contribution is 2.50. The molecule has 113 heavy (non-hydrogen) atoms. The molecule has 20 N–H and O–H groups in total. The molecule has 7 aliphatic rings. The number of aliphatic hydroxyl groups is 5. The van der Waals surface area contributed by atoms with E-state index in [4.69, 9.17) is 67.3 Å². The lowest BCUT2D eigenvalue weighted by atomic mass is 9.86. The Bertz CT molecular complexity index is 4860. The van der Waals surface area contributed by atoms with Crippen LogP contribution < -0.4 is 62.9 Å². The second-order valence-corrected chi connectivity index (χ2v) is 31.4. The third kappa shape index (κ3) is 18.0. The predicted molar refractivity (Wildman–Crippen MR) is 396 cm³/mol. The van der Waals surface area contributed by atoms with Crippen molar-refractivity contribution < 1.29 is 125 Å². The Balaban J connectivity index is 1.17. The minimum Gasteiger partial charge on any atom is -0.508 e. The molecule has 10 unspecified atom stereocenters. The minimum atomic E-state index is -4.75. The molecule has 18 atom stereocenters. The fourth-order valence-electron chi connectivity index (χ4n) is 14.3. The van der Waals surface area contributed by atoms with Crippen LogP contribution in [0.3, 0.4) is 0 Å². The van der Waals surface area contributed by atoms with Gasteiger partial charge in [-0.25, -0.2) is 4.79 Å². The van der Waals surface area contributed by atoms with Gasteiger partial charge in [0.2, 0.25) is 53.4 Å². The third-order valence-electron chi connectivity index (χ3n) is 19.8. The number of aryl methyl sites for hydroxylation is 3. The number of aliphatic carboxylic acids is 1. The number of likely N-dealkylation sites (N-methyl/N-ethyl adjacent to an activating group) is 1. The van der Waals surface area contributed by atoms with Crippen LogP contribution in [0.15, 0.2) is 95.9 Å². The normalized spacial score (nSPS) is 27.7. The number of nitrogens with one attached hydrogen (secondary N) is 7. The summed E-state index contributed by atoms with van der Waals surface area (Å²) in [6.45, 7) is 10.3. The second kappa shape index (κ2) is 33.6. The van der Waals surface area contributed by atoms with Gasteiger partial charge in [-0.3, -0.25) is 37.7 Å². The smallest absolute Gasteiger partial charge is 0.330 e. The molecule has 11 bridgehead atoms. The zero-order valence-corrected chi connectivity index (χ0v) is 64.0. The van der Waals surface area contributed by atoms with Crippen molar-refractivity contribution in [2.75, 3.05) is 13.7 Å². The number of aromatic hydroxyl groups is 3. The summed E-state index contributed by atoms with van der Waals surface area (Å²) in [5, 5.41) is 122. The molecule has 0 saturated carbocycles. The summed E-state index contributed by atoms with van der Waals surface area (Å²) in [7, 11) is -3.29. The predicted octanol–water partition coefficient (Wildman–Crippen LogP) is 2.44. The summed E-state index contributed by atoms with van der Waals surface area (Å²) in [5.41, 5.74) is 9.15. The SMILES string of the molecule is CN[C@H](CC(C)C)C(=O)N[C@H]1C(=O)N[C@@H](CC(N)=O)C(=O)N[C@H]2C(=O)NC3C(=O)N[C@H](C(=O)N[C@H](C(=O)O)c4cc(O)cc(O)c4-c4cc3ccc4O)[C@H](O)c3ccc(c(Cl)c3)Oc3cc2cc(c3OC2OC(COS(=O)(=O)c3c(C)cc(C)cc3C)C(O)C(O)C2OC2CC(C)(N)C(O)C(C)O2)Oc2ccc(cc2Cl)[C@H]1O. The van der Waals surface area contributed by atoms with E-state index in [0.717, 1.165) is 72.8 Å². The molecule has 7 heterocycles. The summed E-state index contributed by atoms with van der Waals surface area (Å²) in [6.07, 6.45) is -20.0. The number of ether oxygens (including phenoxy) is 6. The summed E-state index contributed by atoms with van der Waals surface area (Å²) < 4.78 is 73.3. The molecule has 2 saturated heterocycles. The Morgan fingerprint density at radius 1 is 0.699 bits per heavy atom. The van der Waals surface area contributed by atoms with E-state index in [9.17, 15) is 78.3 Å². The highest BCUT2D eigenvalue weighted by Gasteiger charge is 2.52. The zero-order chi connectivity index (χ0) is 82.5. The number of phenolic OH excluding ortho intramolecular Hbond substituents is 3. The number of primary amides is 1. The first-order chi connectivity index (χ1) is 53.1. The average molecular weight is 1630 g/mol. The second-order valence-electron chi connectivity index (χ2n) is 29.0. The van der Waals surface area contributed by atoms with Crippen LogP contribution in [0, 0.1) is 26.7 Å². The van der Waals surface area contributed by atoms with Crippen LogP contribution in [0.4, 0.5) is 0 Å². The standard InChI is InChI=1S/C75H85Cl2N9O26S/c1-28(2)15-42(80-8)67(96)85-57-59(91)34-10-13-46(40(76)19-34)108-48-21-36-22-49(63(48)112-74-64(111-52-26-75(7,79)66(95)32(6)107-52)62(94)61(93)50(110-74)27-106-113(104,105)65-30(4)16-29(3)17-31(65)5)109-47-14-11-35(20-41(47)77)60(92)58-72(101)84-56(73(102)103)39-23-37(87)24-45(89)53(39)38-18-33(9-12-44(38)88)54(69(98)86-58)83-70(99)55(36)82-68(97)43(25-51(78)90)81-71(57)100/h9-14,16-24,28,32,42-43,50,52,54-62,64,66,74,80,87-89,91-95H,15,25-27,79H2,1-8H3,(H2,78,90)(H,81,100)(H,82,97)(H,83,99)(H,84,101)(H,85,96)(H,86,98)(H,102,103)/t32?,42-,43+,50?,52?,54?,55-,56+,57-,58+,59-,60-,61?,62?,64?,66?,74?,75?/m1/s1. The summed E-state index contributed by atoms with van der Waals surface area (Å²) >= 11 is 14.3. The van der Waals surface area contributed by atoms with Gasteiger partial charge in [0.25, 0.3) is 10.1 Å². The number of hydrogen-bond acceptors (Lipinski definition) is 27. The van der Waals surface area contributed by atoms with Crippen molar-refractivity contribution in [2.45, 2.75) is 182 Å². The van der Waals surface area contributed by atoms with Crippen LogP contribution in [-0.4, -0.2) is 194 Å². The number of carbonyl (C=O) groups excluding carboxylic acids is 7. The maximum Gasteiger partial charge on any atom is 0.330 e. The van der Waals surface area contributed by atoms with E-state index in [-0.39, 0.29) is 51.5 Å². The van der Waals surface area contributed by atoms with Crippen molar-refractivity contribution in [3.05, 3.63) is 146 Å². The van der Waals surface area contributed by atoms with Gasteiger partial charge in [-0.1, -0.05) is 72.9 Å². The van der Waals surface area contributed by atoms with Gasteiger partial charge in [0.15, 0.2) is 29.9 Å². The van der Waals surface area contributed by atoms with Crippen molar-refractivity contribution in [3.8, 4) is 57.1 Å². The first kappa shape index (κ1) is 83.9. The van der Waals surface area contributed by atoms with E-state index >= 15 is 14.4 Å². The zero-order valence-electron chi connectivity index (χ0n) is 61.7. The number of rotatable bonds is 16. The summed E-state index contributed by atoms with van der Waals surface area (Å²) in [6, 6.07) is 1.96. The Kier molecular flexibility index (Phi) is 24.9. The number of fused-ring (bicyclic) bond motifs is 15. The Morgan fingerprint density at radius 3 is 1.88 bits per heavy atom. The Hall–Kier alpha value is -10.0. The number of amides is 7. The topological polar surface area (TPSA) is 554 Å². The van der Waals surface area contributed by atoms with Gasteiger partial charge in [0, 0.05) is 34.7 Å². The maximum atomic E-state index is 16.2. The molecule has 6 aromatic carbocycles. The molecule has 7 amide bonds. The van der Waals surface area contributed by atoms with Gasteiger partial charge in [0.05, 0.1) is 46.2 Å². The molecule has 7 aliphatic heterocycles. The first-order valence-electron chi connectivity index (χ1n) is 35.5. The number of carboxylic acid groups (broad SMARTS) is 1. The van der Waals surface area contributed by atoms with Crippen LogP contribution in [0.1, 0.15) is 122 Å². The lowest BCUT2D eigenvalue weighted by Crippen LogP contribution is -2.64. The van der Waals surface area contributed by atoms with Crippen molar-refractivity contribution in [1.29, 1.82) is 0 Å². The molecular weight excluding hydrogens is 1550 g/mol. The lowest BCUT2D eigenvalue weighted by molar-refractivity contribution is -0.333. The van der Waals surface area contributed by atoms with Crippen LogP contribution in [0.25, 0.3) is 11.1 Å². The Morgan fingerprint density at radius 2 is 1.29 bits per heavy atom. The Labute approximate surface area is 655 Å². The number of hydrogen-bond donors (Lipinski definition) is 18. The molecule has 13 rings (SSSR count). The average Bonchev–Trinajstić information content (AvgIpc) is 0.770. The van der Waals surface area contributed by atoms with E-state index in [1.807, 2.05) is 13.8 Å². The first-order valence-corrected chi connectivity index (χ1v) is 37.6. The molecule has 0 aliphatic carbocycles. The fourth-order valence-corrected chi connectivity index (χ4v) is 16.0. The number of aliphatic hydroxyl groups excluding tert-OH is 5. The van der Waals surface area contributed by atoms with E-state index in [1.54, 1.807) is 19.1 Å². The molecule has 35 nitrogen and oxygen atoms in total. The molecule has 0 aromatic heterocycles. The van der Waals surface area contributed by atoms with Crippen molar-refractivity contribution in [3.63, 3.8) is 0 Å². The van der Waals surface area contributed by atoms with Crippen LogP contribution in [0.5, 0.6) is 46.0 Å². The van der Waals surface area contributed by atoms with E-state index < -0.39 is 258 Å². The van der Waals surface area contributed by atoms with Gasteiger partial charge in [-0.2, -0.15) is 8.42 Å². The molecule has 6 aromatic rings. The van der Waals surface area contributed by atoms with Gasteiger partial charge in [-0.15, -0.1) is 0 Å². The molecule has 0 spiro atoms. The molecule has 0 radical (unpaired) electrons. The largest absolute Gasteiger partial charge is 0.508 e. The lowest BCUT2D eigenvalue weighted by Gasteiger charge is -2.47. The highest BCUT2D eigenvalue weighted by molar-refractivity contribution is 7.86. The fraction of sp³-hybridized carbons (Fsp3) is 0.413. The van der Waals surface area contributed by atoms with Gasteiger partial charge >= 0.3 is 5.97 Å². The van der Waals surface area contributed by atoms with Crippen LogP contribution in [0.2, 0.25) is 10.0 Å². The quantitative estimate of drug-likeness (QED) is 0.0619. The number of phenols is 3. The third-order valence-corrected chi connectivity index (χ3v) is 22.0. The molecule has 2 fully saturated rings. The number of halogens is 2. The van der Waals surface area contributed by atoms with Crippen molar-refractivity contribution >= 4 is 80.6 Å². The maximum absolute atomic E-state index is 16.2. The highest BCUT2D eigenvalue weighted by atomic mass is 35.5. The summed E-state index contributed by atoms with van der Waals surface area (Å²) in [4.78, 5) is 118. The monoisotopic (exact) mass is 1630 g/mol. The van der Waals surface area contributed by atoms with Crippen LogP contribution >= 0.6 is 23.2 Å². The molecule has 38 heteroatoms. The van der Waals surface area contributed by atoms with E-state index in [0.29, 0.717) is 5.56 Å². The number of nitrogens with two attached hydrogens (primary N) is 2. The number of benzene rings is 6. The van der Waals surface area contributed by atoms with Crippen molar-refractivity contribution in [1.82, 2.24) is 37.2 Å². The number of carbonyl (C=O) groups is 8. The van der Waals surface area contributed by atoms with Gasteiger partial charge in [0.1, 0.15) is 89.5 Å². The van der Waals surface area contributed by atoms with Crippen LogP contribution in [-0.2, 0) is 66.9 Å².